The first-order chi connectivity index (χ1) is 8.91. The van der Waals surface area contributed by atoms with Crippen molar-refractivity contribution < 1.29 is 22.7 Å². The van der Waals surface area contributed by atoms with E-state index in [-0.39, 0.29) is 5.56 Å². The summed E-state index contributed by atoms with van der Waals surface area (Å²) in [7, 11) is 0. The highest BCUT2D eigenvalue weighted by Crippen LogP contribution is 2.33. The van der Waals surface area contributed by atoms with Gasteiger partial charge in [-0.25, -0.2) is 4.98 Å². The first kappa shape index (κ1) is 13.5. The minimum absolute atomic E-state index is 0.185. The topological polar surface area (TPSA) is 33.1 Å². The Kier molecular flexibility index (Phi) is 3.53. The van der Waals surface area contributed by atoms with Crippen LogP contribution in [0.1, 0.15) is 11.1 Å². The van der Waals surface area contributed by atoms with Gasteiger partial charge in [0.25, 0.3) is 0 Å². The molecule has 0 aliphatic rings. The largest absolute Gasteiger partial charge is 0.416 e. The summed E-state index contributed by atoms with van der Waals surface area (Å²) in [6.07, 6.45) is -3.35. The number of rotatable bonds is 2. The molecule has 1 N–H and O–H groups in total. The maximum atomic E-state index is 12.7. The molecule has 0 aliphatic carbocycles. The highest BCUT2D eigenvalue weighted by Gasteiger charge is 2.31. The molecule has 0 radical (unpaired) electrons. The summed E-state index contributed by atoms with van der Waals surface area (Å²) in [4.78, 5) is 3.39. The fourth-order valence-corrected chi connectivity index (χ4v) is 1.69. The van der Waals surface area contributed by atoms with Crippen molar-refractivity contribution >= 4 is 0 Å². The molecule has 2 nitrogen and oxygen atoms in total. The third-order valence-electron chi connectivity index (χ3n) is 2.65. The number of aliphatic hydroxyl groups is 1. The molecular formula is C13H9F4NO. The lowest BCUT2D eigenvalue weighted by molar-refractivity contribution is -0.137. The second kappa shape index (κ2) is 4.97. The van der Waals surface area contributed by atoms with Gasteiger partial charge in [-0.1, -0.05) is 6.07 Å². The minimum Gasteiger partial charge on any atom is -0.392 e. The van der Waals surface area contributed by atoms with Crippen molar-refractivity contribution in [2.24, 2.45) is 0 Å². The Morgan fingerprint density at radius 2 is 1.84 bits per heavy atom. The van der Waals surface area contributed by atoms with Gasteiger partial charge in [-0.3, -0.25) is 0 Å². The number of halogens is 4. The molecule has 0 bridgehead atoms. The van der Waals surface area contributed by atoms with Gasteiger partial charge in [0, 0.05) is 11.8 Å². The quantitative estimate of drug-likeness (QED) is 0.670. The first-order valence-corrected chi connectivity index (χ1v) is 5.34. The first-order valence-electron chi connectivity index (χ1n) is 5.34. The van der Waals surface area contributed by atoms with E-state index in [9.17, 15) is 17.6 Å². The van der Waals surface area contributed by atoms with E-state index in [0.717, 1.165) is 24.4 Å². The maximum Gasteiger partial charge on any atom is 0.416 e. The van der Waals surface area contributed by atoms with Crippen molar-refractivity contribution in [3.8, 4) is 11.1 Å². The summed E-state index contributed by atoms with van der Waals surface area (Å²) in [6, 6.07) is 5.38. The van der Waals surface area contributed by atoms with E-state index in [2.05, 4.69) is 4.98 Å². The highest BCUT2D eigenvalue weighted by molar-refractivity contribution is 5.67. The van der Waals surface area contributed by atoms with Gasteiger partial charge in [0.05, 0.1) is 12.2 Å². The van der Waals surface area contributed by atoms with Crippen LogP contribution in [-0.4, -0.2) is 10.1 Å². The zero-order valence-electron chi connectivity index (χ0n) is 9.58. The van der Waals surface area contributed by atoms with E-state index in [1.54, 1.807) is 0 Å². The number of pyridine rings is 1. The zero-order valence-corrected chi connectivity index (χ0v) is 9.58. The van der Waals surface area contributed by atoms with E-state index in [0.29, 0.717) is 11.1 Å². The standard InChI is InChI=1S/C13H9F4NO/c14-12-4-2-8(6-18-12)11-5-10(13(15,16)17)3-1-9(11)7-19/h1-6,19H,7H2. The average molecular weight is 271 g/mol. The molecule has 1 heterocycles. The Morgan fingerprint density at radius 3 is 2.37 bits per heavy atom. The Labute approximate surface area is 106 Å². The molecule has 0 saturated heterocycles. The summed E-state index contributed by atoms with van der Waals surface area (Å²) in [5, 5.41) is 9.15. The smallest absolute Gasteiger partial charge is 0.392 e. The molecule has 19 heavy (non-hydrogen) atoms. The molecule has 2 aromatic rings. The van der Waals surface area contributed by atoms with Gasteiger partial charge in [-0.15, -0.1) is 0 Å². The van der Waals surface area contributed by atoms with Crippen LogP contribution in [0.15, 0.2) is 36.5 Å². The number of nitrogens with zero attached hydrogens (tertiary/aromatic N) is 1. The lowest BCUT2D eigenvalue weighted by Crippen LogP contribution is -2.06. The summed E-state index contributed by atoms with van der Waals surface area (Å²) >= 11 is 0. The van der Waals surface area contributed by atoms with Crippen LogP contribution in [0.2, 0.25) is 0 Å². The second-order valence-corrected chi connectivity index (χ2v) is 3.90. The maximum absolute atomic E-state index is 12.7. The molecule has 0 saturated carbocycles. The molecule has 0 fully saturated rings. The van der Waals surface area contributed by atoms with Gasteiger partial charge in [0.15, 0.2) is 0 Å². The SMILES string of the molecule is OCc1ccc(C(F)(F)F)cc1-c1ccc(F)nc1. The molecule has 6 heteroatoms. The van der Waals surface area contributed by atoms with Gasteiger partial charge in [0.1, 0.15) is 0 Å². The van der Waals surface area contributed by atoms with Gasteiger partial charge in [-0.05, 0) is 35.4 Å². The normalized spacial score (nSPS) is 11.6. The summed E-state index contributed by atoms with van der Waals surface area (Å²) in [6.45, 7) is -0.412. The molecule has 1 aromatic carbocycles. The minimum atomic E-state index is -4.48. The van der Waals surface area contributed by atoms with E-state index in [1.165, 1.54) is 12.1 Å². The van der Waals surface area contributed by atoms with E-state index < -0.39 is 24.3 Å². The predicted molar refractivity (Wildman–Crippen MR) is 60.6 cm³/mol. The second-order valence-electron chi connectivity index (χ2n) is 3.90. The zero-order chi connectivity index (χ0) is 14.0. The number of hydrogen-bond acceptors (Lipinski definition) is 2. The molecule has 0 unspecified atom stereocenters. The predicted octanol–water partition coefficient (Wildman–Crippen LogP) is 3.40. The van der Waals surface area contributed by atoms with E-state index in [4.69, 9.17) is 5.11 Å². The third-order valence-corrected chi connectivity index (χ3v) is 2.65. The van der Waals surface area contributed by atoms with Crippen LogP contribution in [0.3, 0.4) is 0 Å². The Hall–Kier alpha value is -1.95. The summed E-state index contributed by atoms with van der Waals surface area (Å²) in [5.41, 5.74) is -0.00759. The fraction of sp³-hybridized carbons (Fsp3) is 0.154. The number of benzene rings is 1. The number of hydrogen-bond donors (Lipinski definition) is 1. The number of aromatic nitrogens is 1. The number of aliphatic hydroxyl groups excluding tert-OH is 1. The highest BCUT2D eigenvalue weighted by atomic mass is 19.4. The van der Waals surface area contributed by atoms with Crippen LogP contribution in [0.5, 0.6) is 0 Å². The van der Waals surface area contributed by atoms with Gasteiger partial charge < -0.3 is 5.11 Å². The Balaban J connectivity index is 2.56. The van der Waals surface area contributed by atoms with Crippen LogP contribution < -0.4 is 0 Å². The summed E-state index contributed by atoms with van der Waals surface area (Å²) < 4.78 is 50.6. The molecule has 1 aromatic heterocycles. The fourth-order valence-electron chi connectivity index (χ4n) is 1.69. The van der Waals surface area contributed by atoms with E-state index in [1.807, 2.05) is 0 Å². The van der Waals surface area contributed by atoms with Crippen LogP contribution in [-0.2, 0) is 12.8 Å². The Bertz CT molecular complexity index is 578. The third kappa shape index (κ3) is 2.90. The van der Waals surface area contributed by atoms with Crippen LogP contribution in [0, 0.1) is 5.95 Å². The van der Waals surface area contributed by atoms with Crippen LogP contribution >= 0.6 is 0 Å². The van der Waals surface area contributed by atoms with Crippen molar-refractivity contribution in [2.45, 2.75) is 12.8 Å². The monoisotopic (exact) mass is 271 g/mol. The molecule has 2 rings (SSSR count). The Morgan fingerprint density at radius 1 is 1.11 bits per heavy atom. The van der Waals surface area contributed by atoms with E-state index >= 15 is 0 Å². The van der Waals surface area contributed by atoms with Crippen molar-refractivity contribution in [2.75, 3.05) is 0 Å². The molecular weight excluding hydrogens is 262 g/mol. The van der Waals surface area contributed by atoms with Gasteiger partial charge in [-0.2, -0.15) is 17.6 Å². The van der Waals surface area contributed by atoms with Gasteiger partial charge >= 0.3 is 6.18 Å². The van der Waals surface area contributed by atoms with Crippen LogP contribution in [0.4, 0.5) is 17.6 Å². The van der Waals surface area contributed by atoms with Crippen molar-refractivity contribution in [3.05, 3.63) is 53.6 Å². The van der Waals surface area contributed by atoms with Gasteiger partial charge in [0.2, 0.25) is 5.95 Å². The number of alkyl halides is 3. The summed E-state index contributed by atoms with van der Waals surface area (Å²) in [5.74, 6) is -0.721. The van der Waals surface area contributed by atoms with Crippen molar-refractivity contribution in [1.29, 1.82) is 0 Å². The van der Waals surface area contributed by atoms with Crippen molar-refractivity contribution in [3.63, 3.8) is 0 Å². The molecule has 0 atom stereocenters. The molecule has 0 spiro atoms. The molecule has 0 amide bonds. The lowest BCUT2D eigenvalue weighted by atomic mass is 9.98. The average Bonchev–Trinajstić information content (AvgIpc) is 2.38. The lowest BCUT2D eigenvalue weighted by Gasteiger charge is -2.12. The molecule has 0 aliphatic heterocycles. The van der Waals surface area contributed by atoms with Crippen LogP contribution in [0.25, 0.3) is 11.1 Å². The molecule has 100 valence electrons. The van der Waals surface area contributed by atoms with Crippen molar-refractivity contribution in [1.82, 2.24) is 4.98 Å².